The van der Waals surface area contributed by atoms with Crippen molar-refractivity contribution in [1.29, 1.82) is 0 Å². The van der Waals surface area contributed by atoms with E-state index in [2.05, 4.69) is 14.7 Å². The number of hydrogen-bond acceptors (Lipinski definition) is 6. The predicted octanol–water partition coefficient (Wildman–Crippen LogP) is 3.88. The lowest BCUT2D eigenvalue weighted by atomic mass is 10.0. The van der Waals surface area contributed by atoms with Crippen molar-refractivity contribution in [2.75, 3.05) is 19.4 Å². The number of nitrogens with two attached hydrogens (primary N) is 1. The van der Waals surface area contributed by atoms with E-state index in [0.717, 1.165) is 0 Å². The molecule has 1 atom stereocenters. The number of likely N-dealkylation sites (N-methyl/N-ethyl adjacent to an activating group) is 1. The van der Waals surface area contributed by atoms with Crippen LogP contribution in [0.15, 0.2) is 42.9 Å². The van der Waals surface area contributed by atoms with Crippen LogP contribution in [0.4, 0.5) is 19.0 Å². The minimum atomic E-state index is -4.80. The second-order valence-corrected chi connectivity index (χ2v) is 7.79. The summed E-state index contributed by atoms with van der Waals surface area (Å²) in [5.41, 5.74) is 9.70. The summed E-state index contributed by atoms with van der Waals surface area (Å²) < 4.78 is 48.8. The van der Waals surface area contributed by atoms with Gasteiger partial charge < -0.3 is 20.1 Å². The molecule has 0 fully saturated rings. The molecule has 1 amide bonds. The van der Waals surface area contributed by atoms with Gasteiger partial charge in [-0.2, -0.15) is 0 Å². The molecule has 4 aromatic rings. The summed E-state index contributed by atoms with van der Waals surface area (Å²) in [6.45, 7) is 1.92. The molecule has 2 aromatic carbocycles. The molecule has 1 aliphatic rings. The Labute approximate surface area is 185 Å². The van der Waals surface area contributed by atoms with Crippen molar-refractivity contribution in [3.8, 4) is 11.5 Å². The number of imidazole rings is 1. The number of hydrogen-bond donors (Lipinski definition) is 1. The van der Waals surface area contributed by atoms with E-state index in [1.807, 2.05) is 0 Å². The zero-order valence-corrected chi connectivity index (χ0v) is 17.6. The van der Waals surface area contributed by atoms with E-state index in [0.29, 0.717) is 39.1 Å². The van der Waals surface area contributed by atoms with E-state index in [9.17, 15) is 18.0 Å². The van der Waals surface area contributed by atoms with Crippen molar-refractivity contribution >= 4 is 28.3 Å². The molecule has 0 spiro atoms. The quantitative estimate of drug-likeness (QED) is 0.502. The third-order valence-electron chi connectivity index (χ3n) is 5.72. The minimum absolute atomic E-state index is 0.115. The van der Waals surface area contributed by atoms with Crippen LogP contribution in [0.2, 0.25) is 0 Å². The van der Waals surface area contributed by atoms with Crippen LogP contribution in [0.3, 0.4) is 0 Å². The zero-order valence-electron chi connectivity index (χ0n) is 17.6. The third-order valence-corrected chi connectivity index (χ3v) is 5.72. The van der Waals surface area contributed by atoms with Gasteiger partial charge in [-0.1, -0.05) is 0 Å². The number of aryl methyl sites for hydroxylation is 1. The molecule has 0 saturated carbocycles. The summed E-state index contributed by atoms with van der Waals surface area (Å²) in [4.78, 5) is 23.5. The Morgan fingerprint density at radius 3 is 2.82 bits per heavy atom. The Kier molecular flexibility index (Phi) is 4.59. The van der Waals surface area contributed by atoms with E-state index in [1.54, 1.807) is 43.0 Å². The first-order valence-corrected chi connectivity index (χ1v) is 9.94. The number of nitrogens with zero attached hydrogens (tertiary/aromatic N) is 4. The molecule has 0 bridgehead atoms. The van der Waals surface area contributed by atoms with Crippen LogP contribution in [0.25, 0.3) is 16.6 Å². The van der Waals surface area contributed by atoms with Crippen molar-refractivity contribution in [3.05, 3.63) is 59.5 Å². The number of amides is 1. The van der Waals surface area contributed by atoms with Gasteiger partial charge in [-0.25, -0.2) is 9.97 Å². The number of anilines is 1. The van der Waals surface area contributed by atoms with Gasteiger partial charge in [-0.15, -0.1) is 13.2 Å². The SMILES string of the molecule is Cc1cc2nc(N)c3cncn3c2cc1C(=O)N(C)C1COc2cc(OC(F)(F)F)ccc21. The first-order valence-electron chi connectivity index (χ1n) is 9.94. The molecule has 1 unspecified atom stereocenters. The number of aromatic nitrogens is 3. The minimum Gasteiger partial charge on any atom is -0.491 e. The first-order chi connectivity index (χ1) is 15.6. The topological polar surface area (TPSA) is 95.0 Å². The first kappa shape index (κ1) is 20.9. The van der Waals surface area contributed by atoms with Crippen LogP contribution in [-0.4, -0.2) is 45.2 Å². The summed E-state index contributed by atoms with van der Waals surface area (Å²) in [6.07, 6.45) is -1.60. The molecule has 0 radical (unpaired) electrons. The predicted molar refractivity (Wildman–Crippen MR) is 113 cm³/mol. The maximum atomic E-state index is 13.4. The van der Waals surface area contributed by atoms with Gasteiger partial charge in [0.05, 0.1) is 29.6 Å². The van der Waals surface area contributed by atoms with E-state index < -0.39 is 12.4 Å². The van der Waals surface area contributed by atoms with Crippen molar-refractivity contribution in [1.82, 2.24) is 19.3 Å². The monoisotopic (exact) mass is 457 g/mol. The van der Waals surface area contributed by atoms with E-state index in [4.69, 9.17) is 10.5 Å². The van der Waals surface area contributed by atoms with Crippen LogP contribution in [-0.2, 0) is 0 Å². The van der Waals surface area contributed by atoms with Crippen molar-refractivity contribution in [2.24, 2.45) is 0 Å². The van der Waals surface area contributed by atoms with E-state index in [1.165, 1.54) is 23.1 Å². The molecule has 3 heterocycles. The summed E-state index contributed by atoms with van der Waals surface area (Å²) in [7, 11) is 1.63. The molecule has 170 valence electrons. The Morgan fingerprint density at radius 2 is 2.06 bits per heavy atom. The summed E-state index contributed by atoms with van der Waals surface area (Å²) in [5.74, 6) is -0.0606. The summed E-state index contributed by atoms with van der Waals surface area (Å²) in [6, 6.07) is 6.91. The van der Waals surface area contributed by atoms with Gasteiger partial charge in [0, 0.05) is 24.2 Å². The molecular formula is C22H18F3N5O3. The maximum Gasteiger partial charge on any atom is 0.573 e. The molecular weight excluding hydrogens is 439 g/mol. The second-order valence-electron chi connectivity index (χ2n) is 7.79. The highest BCUT2D eigenvalue weighted by Crippen LogP contribution is 2.39. The number of alkyl halides is 3. The fourth-order valence-electron chi connectivity index (χ4n) is 4.08. The van der Waals surface area contributed by atoms with Crippen molar-refractivity contribution in [3.63, 3.8) is 0 Å². The Hall–Kier alpha value is -4.02. The molecule has 1 aliphatic heterocycles. The molecule has 8 nitrogen and oxygen atoms in total. The van der Waals surface area contributed by atoms with Crippen molar-refractivity contribution in [2.45, 2.75) is 19.3 Å². The number of rotatable bonds is 3. The lowest BCUT2D eigenvalue weighted by Crippen LogP contribution is -2.32. The normalized spacial score (nSPS) is 15.5. The van der Waals surface area contributed by atoms with Crippen LogP contribution in [0.1, 0.15) is 27.5 Å². The zero-order chi connectivity index (χ0) is 23.5. The molecule has 33 heavy (non-hydrogen) atoms. The Balaban J connectivity index is 1.48. The highest BCUT2D eigenvalue weighted by molar-refractivity contribution is 6.00. The van der Waals surface area contributed by atoms with Crippen LogP contribution >= 0.6 is 0 Å². The summed E-state index contributed by atoms with van der Waals surface area (Å²) in [5, 5.41) is 0. The van der Waals surface area contributed by atoms with Crippen molar-refractivity contribution < 1.29 is 27.4 Å². The third kappa shape index (κ3) is 3.55. The van der Waals surface area contributed by atoms with Gasteiger partial charge in [-0.3, -0.25) is 9.20 Å². The molecule has 5 rings (SSSR count). The average molecular weight is 457 g/mol. The second kappa shape index (κ2) is 7.26. The lowest BCUT2D eigenvalue weighted by Gasteiger charge is -2.25. The lowest BCUT2D eigenvalue weighted by molar-refractivity contribution is -0.274. The van der Waals surface area contributed by atoms with Gasteiger partial charge in [0.1, 0.15) is 29.4 Å². The molecule has 11 heteroatoms. The van der Waals surface area contributed by atoms with Crippen LogP contribution in [0, 0.1) is 6.92 Å². The molecule has 2 aromatic heterocycles. The van der Waals surface area contributed by atoms with Crippen LogP contribution < -0.4 is 15.2 Å². The fourth-order valence-corrected chi connectivity index (χ4v) is 4.08. The molecule has 2 N–H and O–H groups in total. The molecule has 0 aliphatic carbocycles. The van der Waals surface area contributed by atoms with E-state index in [-0.39, 0.29) is 24.0 Å². The number of nitrogen functional groups attached to an aromatic ring is 1. The highest BCUT2D eigenvalue weighted by Gasteiger charge is 2.34. The number of carbonyl (C=O) groups excluding carboxylic acids is 1. The van der Waals surface area contributed by atoms with Gasteiger partial charge in [-0.05, 0) is 36.8 Å². The van der Waals surface area contributed by atoms with Gasteiger partial charge in [0.15, 0.2) is 0 Å². The Morgan fingerprint density at radius 1 is 1.27 bits per heavy atom. The number of halogens is 3. The molecule has 0 saturated heterocycles. The summed E-state index contributed by atoms with van der Waals surface area (Å²) >= 11 is 0. The Bertz CT molecular complexity index is 1420. The number of benzene rings is 2. The smallest absolute Gasteiger partial charge is 0.491 e. The average Bonchev–Trinajstić information content (AvgIpc) is 3.39. The van der Waals surface area contributed by atoms with Gasteiger partial charge >= 0.3 is 6.36 Å². The van der Waals surface area contributed by atoms with Gasteiger partial charge in [0.25, 0.3) is 5.91 Å². The standard InChI is InChI=1S/C22H18F3N5O3/c1-11-5-15-16(30-10-27-8-17(30)20(26)28-15)7-14(11)21(31)29(2)18-9-32-19-6-12(3-4-13(18)19)33-22(23,24)25/h3-8,10,18H,9H2,1-2H3,(H2,26,28). The van der Waals surface area contributed by atoms with E-state index >= 15 is 0 Å². The number of ether oxygens (including phenoxy) is 2. The number of carbonyl (C=O) groups is 1. The maximum absolute atomic E-state index is 13.4. The number of fused-ring (bicyclic) bond motifs is 4. The van der Waals surface area contributed by atoms with Crippen LogP contribution in [0.5, 0.6) is 11.5 Å². The largest absolute Gasteiger partial charge is 0.573 e. The van der Waals surface area contributed by atoms with Gasteiger partial charge in [0.2, 0.25) is 0 Å². The fraction of sp³-hybridized carbons (Fsp3) is 0.227. The highest BCUT2D eigenvalue weighted by atomic mass is 19.4.